The maximum absolute atomic E-state index is 14.4. The van der Waals surface area contributed by atoms with Crippen LogP contribution in [0.4, 0.5) is 0 Å². The molecule has 68 heavy (non-hydrogen) atoms. The van der Waals surface area contributed by atoms with Gasteiger partial charge in [0.15, 0.2) is 5.96 Å². The van der Waals surface area contributed by atoms with Gasteiger partial charge in [0.25, 0.3) is 0 Å². The first-order valence-corrected chi connectivity index (χ1v) is 22.4. The van der Waals surface area contributed by atoms with E-state index in [4.69, 9.17) is 28.7 Å². The summed E-state index contributed by atoms with van der Waals surface area (Å²) >= 11 is 0. The SMILES string of the molecule is CC[C@H](C)[C@H](NC(=O)[C@H](CC(N)=O)NC(=O)[C@@H](C)CCCN=C(N)N)C(=O)N[C@H](C(=O)N[C@@H](Cc1cnc[nH]1)C(=O)N[C@@H](Cc1c[nH]c2ccccc12)C(=O)N[C@@H](CC(N)=O)C(N)=O)[C@@H](C)CC. The molecule has 3 aromatic rings. The van der Waals surface area contributed by atoms with Crippen LogP contribution in [-0.2, 0) is 56.0 Å². The molecule has 9 amide bonds. The second-order valence-corrected chi connectivity index (χ2v) is 16.9. The molecule has 0 fully saturated rings. The van der Waals surface area contributed by atoms with E-state index in [0.717, 1.165) is 10.9 Å². The van der Waals surface area contributed by atoms with Crippen molar-refractivity contribution in [2.24, 2.45) is 51.4 Å². The number of nitrogens with zero attached hydrogens (tertiary/aromatic N) is 2. The second-order valence-electron chi connectivity index (χ2n) is 16.9. The predicted molar refractivity (Wildman–Crippen MR) is 251 cm³/mol. The summed E-state index contributed by atoms with van der Waals surface area (Å²) in [5.74, 6) is -9.32. The summed E-state index contributed by atoms with van der Waals surface area (Å²) in [6.07, 6.45) is 4.53. The molecule has 3 rings (SSSR count). The van der Waals surface area contributed by atoms with Crippen molar-refractivity contribution in [2.45, 2.75) is 122 Å². The van der Waals surface area contributed by atoms with Crippen LogP contribution in [0.25, 0.3) is 10.9 Å². The van der Waals surface area contributed by atoms with Gasteiger partial charge in [-0.1, -0.05) is 65.7 Å². The number of para-hydroxylation sites is 1. The Morgan fingerprint density at radius 3 is 1.71 bits per heavy atom. The molecule has 0 aliphatic heterocycles. The number of aromatic nitrogens is 3. The first-order chi connectivity index (χ1) is 32.1. The van der Waals surface area contributed by atoms with E-state index < -0.39 is 120 Å². The fourth-order valence-corrected chi connectivity index (χ4v) is 7.15. The van der Waals surface area contributed by atoms with Gasteiger partial charge >= 0.3 is 0 Å². The Kier molecular flexibility index (Phi) is 21.4. The fourth-order valence-electron chi connectivity index (χ4n) is 7.15. The lowest BCUT2D eigenvalue weighted by Crippen LogP contribution is -2.62. The third-order valence-corrected chi connectivity index (χ3v) is 11.6. The van der Waals surface area contributed by atoms with E-state index in [0.29, 0.717) is 36.9 Å². The third-order valence-electron chi connectivity index (χ3n) is 11.6. The van der Waals surface area contributed by atoms with Crippen LogP contribution in [0.3, 0.4) is 0 Å². The number of hydrogen-bond acceptors (Lipinski definition) is 11. The van der Waals surface area contributed by atoms with E-state index >= 15 is 0 Å². The Labute approximate surface area is 393 Å². The van der Waals surface area contributed by atoms with Crippen LogP contribution in [-0.4, -0.2) is 117 Å². The zero-order chi connectivity index (χ0) is 50.7. The monoisotopic (exact) mass is 950 g/mol. The number of nitrogens with two attached hydrogens (primary N) is 5. The van der Waals surface area contributed by atoms with Crippen molar-refractivity contribution >= 4 is 70.0 Å². The zero-order valence-corrected chi connectivity index (χ0v) is 39.1. The Morgan fingerprint density at radius 1 is 0.632 bits per heavy atom. The van der Waals surface area contributed by atoms with Gasteiger partial charge in [-0.3, -0.25) is 48.1 Å². The van der Waals surface area contributed by atoms with Crippen molar-refractivity contribution in [1.29, 1.82) is 0 Å². The molecule has 0 spiro atoms. The smallest absolute Gasteiger partial charge is 0.243 e. The van der Waals surface area contributed by atoms with Gasteiger partial charge in [-0.2, -0.15) is 0 Å². The number of benzene rings is 1. The molecular weight excluding hydrogens is 883 g/mol. The lowest BCUT2D eigenvalue weighted by Gasteiger charge is -2.31. The average molecular weight is 950 g/mol. The van der Waals surface area contributed by atoms with E-state index in [1.165, 1.54) is 12.5 Å². The lowest BCUT2D eigenvalue weighted by atomic mass is 9.94. The molecule has 0 saturated heterocycles. The number of aromatic amines is 2. The minimum Gasteiger partial charge on any atom is -0.370 e. The topological polar surface area (TPSA) is 413 Å². The highest BCUT2D eigenvalue weighted by Gasteiger charge is 2.37. The third kappa shape index (κ3) is 17.0. The van der Waals surface area contributed by atoms with E-state index in [2.05, 4.69) is 51.8 Å². The molecule has 24 heteroatoms. The molecule has 24 nitrogen and oxygen atoms in total. The maximum atomic E-state index is 14.4. The predicted octanol–water partition coefficient (Wildman–Crippen LogP) is -2.40. The van der Waals surface area contributed by atoms with Gasteiger partial charge < -0.3 is 70.5 Å². The first-order valence-electron chi connectivity index (χ1n) is 22.4. The summed E-state index contributed by atoms with van der Waals surface area (Å²) in [5, 5.41) is 16.5. The average Bonchev–Trinajstić information content (AvgIpc) is 3.96. The largest absolute Gasteiger partial charge is 0.370 e. The van der Waals surface area contributed by atoms with E-state index in [9.17, 15) is 43.2 Å². The second kappa shape index (κ2) is 26.6. The van der Waals surface area contributed by atoms with Crippen molar-refractivity contribution < 1.29 is 43.2 Å². The quantitative estimate of drug-likeness (QED) is 0.0197. The molecule has 1 aromatic carbocycles. The number of aliphatic imine (C=N–C) groups is 1. The fraction of sp³-hybridized carbons (Fsp3) is 0.523. The van der Waals surface area contributed by atoms with E-state index in [-0.39, 0.29) is 25.3 Å². The summed E-state index contributed by atoms with van der Waals surface area (Å²) in [7, 11) is 0. The molecule has 0 bridgehead atoms. The van der Waals surface area contributed by atoms with Crippen LogP contribution in [0.15, 0.2) is 48.0 Å². The number of primary amides is 3. The molecule has 2 heterocycles. The van der Waals surface area contributed by atoms with Crippen molar-refractivity contribution in [3.63, 3.8) is 0 Å². The molecule has 0 radical (unpaired) electrons. The molecule has 0 aliphatic carbocycles. The van der Waals surface area contributed by atoms with Crippen molar-refractivity contribution in [2.75, 3.05) is 6.54 Å². The van der Waals surface area contributed by atoms with Crippen LogP contribution in [0.2, 0.25) is 0 Å². The molecule has 0 saturated carbocycles. The number of carbonyl (C=O) groups excluding carboxylic acids is 9. The number of imidazole rings is 1. The molecule has 0 aliphatic rings. The Morgan fingerprint density at radius 2 is 1.15 bits per heavy atom. The van der Waals surface area contributed by atoms with Crippen molar-refractivity contribution in [3.05, 3.63) is 54.2 Å². The summed E-state index contributed by atoms with van der Waals surface area (Å²) in [5.41, 5.74) is 28.7. The number of hydrogen-bond donors (Lipinski definition) is 13. The first kappa shape index (κ1) is 54.8. The molecule has 372 valence electrons. The number of nitrogens with one attached hydrogen (secondary N) is 8. The molecular formula is C44H67N15O9. The van der Waals surface area contributed by atoms with Crippen molar-refractivity contribution in [1.82, 2.24) is 46.9 Å². The number of fused-ring (bicyclic) bond motifs is 1. The minimum absolute atomic E-state index is 0.0952. The highest BCUT2D eigenvalue weighted by atomic mass is 16.2. The van der Waals surface area contributed by atoms with Gasteiger partial charge in [0.2, 0.25) is 53.2 Å². The van der Waals surface area contributed by atoms with Crippen LogP contribution < -0.4 is 60.6 Å². The Bertz CT molecular complexity index is 2260. The van der Waals surface area contributed by atoms with Gasteiger partial charge in [-0.15, -0.1) is 0 Å². The zero-order valence-electron chi connectivity index (χ0n) is 39.1. The Hall–Kier alpha value is -7.53. The van der Waals surface area contributed by atoms with Crippen LogP contribution in [0.5, 0.6) is 0 Å². The number of carbonyl (C=O) groups is 9. The highest BCUT2D eigenvalue weighted by molar-refractivity contribution is 5.99. The van der Waals surface area contributed by atoms with Crippen LogP contribution in [0.1, 0.15) is 84.4 Å². The summed E-state index contributed by atoms with van der Waals surface area (Å²) in [6.45, 7) is 8.85. The molecule has 9 atom stereocenters. The molecule has 2 aromatic heterocycles. The number of guanidine groups is 1. The van der Waals surface area contributed by atoms with Gasteiger partial charge in [-0.25, -0.2) is 4.98 Å². The van der Waals surface area contributed by atoms with Gasteiger partial charge in [0.1, 0.15) is 36.3 Å². The number of amides is 9. The highest BCUT2D eigenvalue weighted by Crippen LogP contribution is 2.20. The number of H-pyrrole nitrogens is 2. The maximum Gasteiger partial charge on any atom is 0.243 e. The lowest BCUT2D eigenvalue weighted by molar-refractivity contribution is -0.137. The van der Waals surface area contributed by atoms with Crippen molar-refractivity contribution in [3.8, 4) is 0 Å². The van der Waals surface area contributed by atoms with Gasteiger partial charge in [-0.05, 0) is 36.3 Å². The summed E-state index contributed by atoms with van der Waals surface area (Å²) in [6, 6.07) is -1.09. The summed E-state index contributed by atoms with van der Waals surface area (Å²) < 4.78 is 0. The van der Waals surface area contributed by atoms with E-state index in [1.807, 2.05) is 12.1 Å². The van der Waals surface area contributed by atoms with Gasteiger partial charge in [0, 0.05) is 54.3 Å². The van der Waals surface area contributed by atoms with E-state index in [1.54, 1.807) is 52.9 Å². The number of rotatable bonds is 29. The normalized spacial score (nSPS) is 15.1. The molecule has 0 unspecified atom stereocenters. The van der Waals surface area contributed by atoms with Crippen LogP contribution in [0, 0.1) is 17.8 Å². The minimum atomic E-state index is -1.50. The summed E-state index contributed by atoms with van der Waals surface area (Å²) in [4.78, 5) is 134. The Balaban J connectivity index is 1.91. The standard InChI is InChI=1S/C44H67N15O9/c1-6-22(3)35(59-43(68)36(23(4)7-2)58-41(66)32(18-34(46)61)55-38(63)24(5)11-10-14-51-44(48)49)42(67)57-31(16-26-20-50-21-53-26)40(65)56-30(39(64)54-29(37(47)62)17-33(45)60)15-25-19-52-28-13-9-8-12-27(25)28/h8-9,12-13,19-24,29-32,35-36,52H,6-7,10-11,14-18H2,1-5H3,(H2,45,60)(H2,46,61)(H2,47,62)(H,50,53)(H,54,64)(H,55,63)(H,56,65)(H,57,67)(H,58,66)(H,59,68)(H4,48,49,51)/t22-,23-,24-,29-,30-,31-,32-,35-,36-/m0/s1. The van der Waals surface area contributed by atoms with Gasteiger partial charge in [0.05, 0.1) is 19.2 Å². The van der Waals surface area contributed by atoms with Crippen LogP contribution >= 0.6 is 0 Å². The molecule has 18 N–H and O–H groups in total.